The zero-order chi connectivity index (χ0) is 13.0. The number of ether oxygens (including phenoxy) is 2. The second kappa shape index (κ2) is 6.34. The van der Waals surface area contributed by atoms with Gasteiger partial charge in [-0.2, -0.15) is 0 Å². The number of hydrogen-bond donors (Lipinski definition) is 1. The Morgan fingerprint density at radius 3 is 3.00 bits per heavy atom. The lowest BCUT2D eigenvalue weighted by molar-refractivity contribution is -0.160. The minimum absolute atomic E-state index is 0.0306. The Morgan fingerprint density at radius 1 is 1.33 bits per heavy atom. The molecule has 1 N–H and O–H groups in total. The second-order valence-electron chi connectivity index (χ2n) is 5.22. The first kappa shape index (κ1) is 13.6. The van der Waals surface area contributed by atoms with Crippen LogP contribution in [-0.2, 0) is 14.3 Å². The van der Waals surface area contributed by atoms with Gasteiger partial charge in [0.05, 0.1) is 30.8 Å². The highest BCUT2D eigenvalue weighted by molar-refractivity contribution is 5.70. The molecule has 4 nitrogen and oxygen atoms in total. The molecule has 0 aromatic rings. The lowest BCUT2D eigenvalue weighted by atomic mass is 9.98. The Balaban J connectivity index is 2.03. The normalized spacial score (nSPS) is 40.2. The number of aliphatic hydroxyl groups is 1. The van der Waals surface area contributed by atoms with Crippen molar-refractivity contribution in [2.24, 2.45) is 0 Å². The molecule has 2 aliphatic rings. The molecule has 2 rings (SSSR count). The molecule has 18 heavy (non-hydrogen) atoms. The maximum Gasteiger partial charge on any atom is 0.308 e. The molecule has 4 atom stereocenters. The molecule has 0 radical (unpaired) electrons. The summed E-state index contributed by atoms with van der Waals surface area (Å²) in [5.41, 5.74) is 0. The molecule has 102 valence electrons. The highest BCUT2D eigenvalue weighted by atomic mass is 16.5. The summed E-state index contributed by atoms with van der Waals surface area (Å²) in [4.78, 5) is 11.7. The van der Waals surface area contributed by atoms with Gasteiger partial charge in [0.25, 0.3) is 0 Å². The molecule has 1 fully saturated rings. The maximum absolute atomic E-state index is 11.7. The fourth-order valence-corrected chi connectivity index (χ4v) is 2.50. The van der Waals surface area contributed by atoms with Crippen LogP contribution in [0.15, 0.2) is 12.2 Å². The summed E-state index contributed by atoms with van der Waals surface area (Å²) in [6.45, 7) is 1.91. The van der Waals surface area contributed by atoms with Crippen LogP contribution in [0.25, 0.3) is 0 Å². The van der Waals surface area contributed by atoms with Crippen molar-refractivity contribution in [3.63, 3.8) is 0 Å². The number of cyclic esters (lactones) is 1. The van der Waals surface area contributed by atoms with Gasteiger partial charge in [-0.05, 0) is 39.0 Å². The van der Waals surface area contributed by atoms with Crippen molar-refractivity contribution >= 4 is 5.97 Å². The molecule has 1 saturated heterocycles. The number of allylic oxidation sites excluding steroid dienone is 1. The Hall–Kier alpha value is -0.870. The zero-order valence-electron chi connectivity index (χ0n) is 10.9. The molecule has 0 aromatic heterocycles. The Bertz CT molecular complexity index is 313. The summed E-state index contributed by atoms with van der Waals surface area (Å²) < 4.78 is 11.0. The molecule has 0 saturated carbocycles. The molecule has 0 aliphatic carbocycles. The van der Waals surface area contributed by atoms with E-state index >= 15 is 0 Å². The Kier molecular flexibility index (Phi) is 4.78. The van der Waals surface area contributed by atoms with Crippen molar-refractivity contribution in [2.45, 2.75) is 69.9 Å². The van der Waals surface area contributed by atoms with Gasteiger partial charge in [-0.15, -0.1) is 0 Å². The summed E-state index contributed by atoms with van der Waals surface area (Å²) in [6, 6.07) is 0. The number of carbonyl (C=O) groups is 1. The van der Waals surface area contributed by atoms with E-state index in [1.54, 1.807) is 0 Å². The Labute approximate surface area is 108 Å². The smallest absolute Gasteiger partial charge is 0.308 e. The first-order chi connectivity index (χ1) is 8.65. The monoisotopic (exact) mass is 254 g/mol. The molecule has 2 heterocycles. The third-order valence-corrected chi connectivity index (χ3v) is 3.56. The second-order valence-corrected chi connectivity index (χ2v) is 5.22. The number of aliphatic hydroxyl groups excluding tert-OH is 1. The summed E-state index contributed by atoms with van der Waals surface area (Å²) in [6.07, 6.45) is 7.73. The molecule has 0 aromatic carbocycles. The van der Waals surface area contributed by atoms with Crippen molar-refractivity contribution < 1.29 is 19.4 Å². The van der Waals surface area contributed by atoms with E-state index in [2.05, 4.69) is 12.2 Å². The van der Waals surface area contributed by atoms with E-state index in [9.17, 15) is 9.90 Å². The van der Waals surface area contributed by atoms with Gasteiger partial charge in [-0.3, -0.25) is 4.79 Å². The minimum atomic E-state index is -0.555. The number of esters is 1. The van der Waals surface area contributed by atoms with Gasteiger partial charge in [-0.1, -0.05) is 12.2 Å². The van der Waals surface area contributed by atoms with Gasteiger partial charge in [0, 0.05) is 0 Å². The number of fused-ring (bicyclic) bond motifs is 2. The lowest BCUT2D eigenvalue weighted by Gasteiger charge is -2.32. The van der Waals surface area contributed by atoms with Gasteiger partial charge in [0.15, 0.2) is 0 Å². The molecule has 0 spiro atoms. The topological polar surface area (TPSA) is 55.8 Å². The summed E-state index contributed by atoms with van der Waals surface area (Å²) >= 11 is 0. The molecular weight excluding hydrogens is 232 g/mol. The van der Waals surface area contributed by atoms with Crippen LogP contribution in [0.5, 0.6) is 0 Å². The number of carbonyl (C=O) groups excluding carboxylic acids is 1. The quantitative estimate of drug-likeness (QED) is 0.530. The standard InChI is InChI=1S/C14H22O4/c1-10-5-3-2-4-6-11-7-8-12(15)13(18-11)9-14(16)17-10/h4,6,10-13,15H,2-3,5,7-9H2,1H3/b6-4-/t10-,11-,12-,13-/m1/s1. The van der Waals surface area contributed by atoms with Gasteiger partial charge < -0.3 is 14.6 Å². The summed E-state index contributed by atoms with van der Waals surface area (Å²) in [7, 11) is 0. The van der Waals surface area contributed by atoms with Crippen molar-refractivity contribution in [2.75, 3.05) is 0 Å². The van der Waals surface area contributed by atoms with Crippen LogP contribution in [0.4, 0.5) is 0 Å². The van der Waals surface area contributed by atoms with E-state index in [0.29, 0.717) is 6.42 Å². The van der Waals surface area contributed by atoms with Crippen LogP contribution in [0.1, 0.15) is 45.4 Å². The lowest BCUT2D eigenvalue weighted by Crippen LogP contribution is -2.40. The van der Waals surface area contributed by atoms with Gasteiger partial charge in [-0.25, -0.2) is 0 Å². The van der Waals surface area contributed by atoms with Crippen molar-refractivity contribution in [1.82, 2.24) is 0 Å². The fraction of sp³-hybridized carbons (Fsp3) is 0.786. The van der Waals surface area contributed by atoms with Crippen molar-refractivity contribution in [3.05, 3.63) is 12.2 Å². The highest BCUT2D eigenvalue weighted by Crippen LogP contribution is 2.24. The minimum Gasteiger partial charge on any atom is -0.463 e. The molecule has 0 unspecified atom stereocenters. The first-order valence-corrected chi connectivity index (χ1v) is 6.85. The average Bonchev–Trinajstić information content (AvgIpc) is 2.31. The molecule has 0 amide bonds. The molecule has 4 heteroatoms. The SMILES string of the molecule is C[C@@H]1CCC/C=C\[C@@H]2CC[C@@H](O)[C@@H](CC(=O)O1)O2. The van der Waals surface area contributed by atoms with E-state index in [4.69, 9.17) is 9.47 Å². The van der Waals surface area contributed by atoms with Crippen LogP contribution in [-0.4, -0.2) is 35.5 Å². The third-order valence-electron chi connectivity index (χ3n) is 3.56. The molecular formula is C14H22O4. The van der Waals surface area contributed by atoms with Crippen LogP contribution in [0.3, 0.4) is 0 Å². The van der Waals surface area contributed by atoms with Crippen LogP contribution in [0, 0.1) is 0 Å². The van der Waals surface area contributed by atoms with Gasteiger partial charge in [0.1, 0.15) is 0 Å². The largest absolute Gasteiger partial charge is 0.463 e. The van der Waals surface area contributed by atoms with E-state index in [1.807, 2.05) is 6.92 Å². The van der Waals surface area contributed by atoms with Crippen molar-refractivity contribution in [3.8, 4) is 0 Å². The number of hydrogen-bond acceptors (Lipinski definition) is 4. The summed E-state index contributed by atoms with van der Waals surface area (Å²) in [5, 5.41) is 9.85. The first-order valence-electron chi connectivity index (χ1n) is 6.85. The van der Waals surface area contributed by atoms with Gasteiger partial charge >= 0.3 is 5.97 Å². The summed E-state index contributed by atoms with van der Waals surface area (Å²) in [5.74, 6) is -0.267. The van der Waals surface area contributed by atoms with Crippen LogP contribution < -0.4 is 0 Å². The predicted octanol–water partition coefficient (Wildman–Crippen LogP) is 1.96. The fourth-order valence-electron chi connectivity index (χ4n) is 2.50. The maximum atomic E-state index is 11.7. The van der Waals surface area contributed by atoms with Crippen molar-refractivity contribution in [1.29, 1.82) is 0 Å². The van der Waals surface area contributed by atoms with Crippen LogP contribution in [0.2, 0.25) is 0 Å². The molecule has 2 aliphatic heterocycles. The van der Waals surface area contributed by atoms with E-state index in [0.717, 1.165) is 25.7 Å². The van der Waals surface area contributed by atoms with E-state index in [-0.39, 0.29) is 24.6 Å². The van der Waals surface area contributed by atoms with E-state index in [1.165, 1.54) is 0 Å². The predicted molar refractivity (Wildman–Crippen MR) is 67.1 cm³/mol. The Morgan fingerprint density at radius 2 is 2.17 bits per heavy atom. The third kappa shape index (κ3) is 3.82. The van der Waals surface area contributed by atoms with Crippen LogP contribution >= 0.6 is 0 Å². The highest BCUT2D eigenvalue weighted by Gasteiger charge is 2.31. The average molecular weight is 254 g/mol. The van der Waals surface area contributed by atoms with E-state index < -0.39 is 12.2 Å². The van der Waals surface area contributed by atoms with Gasteiger partial charge in [0.2, 0.25) is 0 Å². The molecule has 2 bridgehead atoms. The number of rotatable bonds is 0. The zero-order valence-corrected chi connectivity index (χ0v) is 10.9.